The molecule has 132 valence electrons. The van der Waals surface area contributed by atoms with Gasteiger partial charge in [0.15, 0.2) is 6.10 Å². The van der Waals surface area contributed by atoms with E-state index in [0.29, 0.717) is 23.5 Å². The molecule has 0 aromatic heterocycles. The SMILES string of the molecule is CCCNC(=O)c1cccc(NC(=O)C(C)Oc2cccc(C)c2)c1. The van der Waals surface area contributed by atoms with Gasteiger partial charge < -0.3 is 15.4 Å². The summed E-state index contributed by atoms with van der Waals surface area (Å²) >= 11 is 0. The Morgan fingerprint density at radius 1 is 1.12 bits per heavy atom. The minimum Gasteiger partial charge on any atom is -0.481 e. The number of aryl methyl sites for hydroxylation is 1. The highest BCUT2D eigenvalue weighted by Gasteiger charge is 2.15. The molecular formula is C20H24N2O3. The summed E-state index contributed by atoms with van der Waals surface area (Å²) in [6, 6.07) is 14.4. The molecule has 1 unspecified atom stereocenters. The van der Waals surface area contributed by atoms with Gasteiger partial charge in [-0.15, -0.1) is 0 Å². The van der Waals surface area contributed by atoms with Crippen molar-refractivity contribution < 1.29 is 14.3 Å². The minimum atomic E-state index is -0.653. The number of ether oxygens (including phenoxy) is 1. The molecule has 1 atom stereocenters. The molecule has 2 aromatic carbocycles. The third-order valence-electron chi connectivity index (χ3n) is 3.60. The molecule has 0 bridgehead atoms. The van der Waals surface area contributed by atoms with Gasteiger partial charge in [-0.25, -0.2) is 0 Å². The zero-order chi connectivity index (χ0) is 18.2. The van der Waals surface area contributed by atoms with Crippen LogP contribution in [0.15, 0.2) is 48.5 Å². The van der Waals surface area contributed by atoms with Crippen LogP contribution in [0.3, 0.4) is 0 Å². The second-order valence-electron chi connectivity index (χ2n) is 5.90. The van der Waals surface area contributed by atoms with E-state index in [1.165, 1.54) is 0 Å². The molecule has 0 spiro atoms. The number of carbonyl (C=O) groups excluding carboxylic acids is 2. The third kappa shape index (κ3) is 5.64. The Balaban J connectivity index is 1.98. The van der Waals surface area contributed by atoms with Crippen molar-refractivity contribution in [1.82, 2.24) is 5.32 Å². The van der Waals surface area contributed by atoms with E-state index in [2.05, 4.69) is 10.6 Å². The van der Waals surface area contributed by atoms with E-state index in [4.69, 9.17) is 4.74 Å². The molecule has 2 aromatic rings. The maximum atomic E-state index is 12.3. The monoisotopic (exact) mass is 340 g/mol. The van der Waals surface area contributed by atoms with E-state index in [1.54, 1.807) is 31.2 Å². The van der Waals surface area contributed by atoms with Gasteiger partial charge in [-0.1, -0.05) is 25.1 Å². The molecule has 5 heteroatoms. The molecule has 2 rings (SSSR count). The van der Waals surface area contributed by atoms with Crippen molar-refractivity contribution in [3.63, 3.8) is 0 Å². The number of nitrogens with one attached hydrogen (secondary N) is 2. The second kappa shape index (κ2) is 8.87. The molecule has 0 saturated carbocycles. The van der Waals surface area contributed by atoms with Crippen LogP contribution < -0.4 is 15.4 Å². The number of hydrogen-bond acceptors (Lipinski definition) is 3. The molecule has 0 aliphatic heterocycles. The Morgan fingerprint density at radius 2 is 1.88 bits per heavy atom. The number of benzene rings is 2. The standard InChI is InChI=1S/C20H24N2O3/c1-4-11-21-20(24)16-8-6-9-17(13-16)22-19(23)15(3)25-18-10-5-7-14(2)12-18/h5-10,12-13,15H,4,11H2,1-3H3,(H,21,24)(H,22,23). The van der Waals surface area contributed by atoms with Crippen molar-refractivity contribution in [2.24, 2.45) is 0 Å². The lowest BCUT2D eigenvalue weighted by atomic mass is 10.2. The topological polar surface area (TPSA) is 67.4 Å². The number of amides is 2. The van der Waals surface area contributed by atoms with E-state index >= 15 is 0 Å². The zero-order valence-corrected chi connectivity index (χ0v) is 14.8. The van der Waals surface area contributed by atoms with Crippen molar-refractivity contribution in [2.45, 2.75) is 33.3 Å². The third-order valence-corrected chi connectivity index (χ3v) is 3.60. The van der Waals surface area contributed by atoms with Gasteiger partial charge in [0, 0.05) is 17.8 Å². The summed E-state index contributed by atoms with van der Waals surface area (Å²) in [7, 11) is 0. The summed E-state index contributed by atoms with van der Waals surface area (Å²) in [5, 5.41) is 5.60. The Morgan fingerprint density at radius 3 is 2.60 bits per heavy atom. The van der Waals surface area contributed by atoms with Crippen molar-refractivity contribution >= 4 is 17.5 Å². The molecule has 0 radical (unpaired) electrons. The van der Waals surface area contributed by atoms with E-state index in [1.807, 2.05) is 38.1 Å². The number of anilines is 1. The molecule has 5 nitrogen and oxygen atoms in total. The fraction of sp³-hybridized carbons (Fsp3) is 0.300. The van der Waals surface area contributed by atoms with Crippen molar-refractivity contribution in [3.8, 4) is 5.75 Å². The lowest BCUT2D eigenvalue weighted by Gasteiger charge is -2.15. The van der Waals surface area contributed by atoms with Gasteiger partial charge in [0.1, 0.15) is 5.75 Å². The van der Waals surface area contributed by atoms with E-state index in [-0.39, 0.29) is 11.8 Å². The largest absolute Gasteiger partial charge is 0.481 e. The maximum absolute atomic E-state index is 12.3. The van der Waals surface area contributed by atoms with Gasteiger partial charge in [-0.3, -0.25) is 9.59 Å². The van der Waals surface area contributed by atoms with E-state index < -0.39 is 6.10 Å². The van der Waals surface area contributed by atoms with Crippen LogP contribution in [0.1, 0.15) is 36.2 Å². The van der Waals surface area contributed by atoms with Crippen LogP contribution in [-0.4, -0.2) is 24.5 Å². The first kappa shape index (κ1) is 18.5. The fourth-order valence-corrected chi connectivity index (χ4v) is 2.27. The van der Waals surface area contributed by atoms with Crippen molar-refractivity contribution in [3.05, 3.63) is 59.7 Å². The lowest BCUT2D eigenvalue weighted by Crippen LogP contribution is -2.30. The predicted molar refractivity (Wildman–Crippen MR) is 99.0 cm³/mol. The summed E-state index contributed by atoms with van der Waals surface area (Å²) in [4.78, 5) is 24.3. The van der Waals surface area contributed by atoms with Crippen molar-refractivity contribution in [1.29, 1.82) is 0 Å². The fourth-order valence-electron chi connectivity index (χ4n) is 2.27. The molecule has 0 heterocycles. The van der Waals surface area contributed by atoms with Crippen molar-refractivity contribution in [2.75, 3.05) is 11.9 Å². The Bertz CT molecular complexity index is 743. The van der Waals surface area contributed by atoms with E-state index in [9.17, 15) is 9.59 Å². The van der Waals surface area contributed by atoms with Crippen LogP contribution >= 0.6 is 0 Å². The maximum Gasteiger partial charge on any atom is 0.265 e. The van der Waals surface area contributed by atoms with Gasteiger partial charge in [-0.2, -0.15) is 0 Å². The number of hydrogen-bond donors (Lipinski definition) is 2. The van der Waals surface area contributed by atoms with E-state index in [0.717, 1.165) is 12.0 Å². The highest BCUT2D eigenvalue weighted by molar-refractivity contribution is 5.98. The van der Waals surface area contributed by atoms with Crippen LogP contribution in [0.4, 0.5) is 5.69 Å². The highest BCUT2D eigenvalue weighted by Crippen LogP contribution is 2.16. The van der Waals surface area contributed by atoms with Crippen LogP contribution in [0.5, 0.6) is 5.75 Å². The molecule has 2 amide bonds. The zero-order valence-electron chi connectivity index (χ0n) is 14.8. The van der Waals surface area contributed by atoms with Crippen LogP contribution in [0.2, 0.25) is 0 Å². The van der Waals surface area contributed by atoms with Gasteiger partial charge in [0.25, 0.3) is 11.8 Å². The predicted octanol–water partition coefficient (Wildman–Crippen LogP) is 3.54. The Hall–Kier alpha value is -2.82. The van der Waals surface area contributed by atoms with Crippen LogP contribution in [0, 0.1) is 6.92 Å². The number of carbonyl (C=O) groups is 2. The quantitative estimate of drug-likeness (QED) is 0.810. The molecule has 0 aliphatic rings. The minimum absolute atomic E-state index is 0.151. The van der Waals surface area contributed by atoms with Crippen LogP contribution in [-0.2, 0) is 4.79 Å². The first-order valence-electron chi connectivity index (χ1n) is 8.42. The van der Waals surface area contributed by atoms with Crippen LogP contribution in [0.25, 0.3) is 0 Å². The second-order valence-corrected chi connectivity index (χ2v) is 5.90. The van der Waals surface area contributed by atoms with Gasteiger partial charge in [0.05, 0.1) is 0 Å². The first-order chi connectivity index (χ1) is 12.0. The summed E-state index contributed by atoms with van der Waals surface area (Å²) in [5.74, 6) is 0.227. The normalized spacial score (nSPS) is 11.5. The number of rotatable bonds is 7. The average Bonchev–Trinajstić information content (AvgIpc) is 2.59. The molecular weight excluding hydrogens is 316 g/mol. The Labute approximate surface area is 148 Å². The lowest BCUT2D eigenvalue weighted by molar-refractivity contribution is -0.122. The molecule has 0 saturated heterocycles. The summed E-state index contributed by atoms with van der Waals surface area (Å²) in [6.07, 6.45) is 0.218. The van der Waals surface area contributed by atoms with Gasteiger partial charge in [-0.05, 0) is 56.2 Å². The average molecular weight is 340 g/mol. The summed E-state index contributed by atoms with van der Waals surface area (Å²) in [5.41, 5.74) is 2.14. The highest BCUT2D eigenvalue weighted by atomic mass is 16.5. The summed E-state index contributed by atoms with van der Waals surface area (Å²) < 4.78 is 5.67. The molecule has 0 fully saturated rings. The van der Waals surface area contributed by atoms with Gasteiger partial charge in [0.2, 0.25) is 0 Å². The molecule has 0 aliphatic carbocycles. The first-order valence-corrected chi connectivity index (χ1v) is 8.42. The van der Waals surface area contributed by atoms with Gasteiger partial charge >= 0.3 is 0 Å². The summed E-state index contributed by atoms with van der Waals surface area (Å²) in [6.45, 7) is 6.27. The Kier molecular flexibility index (Phi) is 6.57. The molecule has 25 heavy (non-hydrogen) atoms. The smallest absolute Gasteiger partial charge is 0.265 e. The molecule has 2 N–H and O–H groups in total.